The fourth-order valence-corrected chi connectivity index (χ4v) is 3.98. The van der Waals surface area contributed by atoms with Gasteiger partial charge in [0.1, 0.15) is 0 Å². The molecule has 0 saturated heterocycles. The van der Waals surface area contributed by atoms with Crippen LogP contribution in [0.15, 0.2) is 57.8 Å². The van der Waals surface area contributed by atoms with Crippen LogP contribution in [0.5, 0.6) is 0 Å². The molecule has 0 aliphatic carbocycles. The maximum atomic E-state index is 11.4. The summed E-state index contributed by atoms with van der Waals surface area (Å²) in [7, 11) is 0. The monoisotopic (exact) mass is 357 g/mol. The molecule has 120 valence electrons. The predicted octanol–water partition coefficient (Wildman–Crippen LogP) is 3.09. The Morgan fingerprint density at radius 3 is 2.50 bits per heavy atom. The molecule has 0 spiro atoms. The first kappa shape index (κ1) is 16.2. The van der Waals surface area contributed by atoms with Gasteiger partial charge in [-0.2, -0.15) is 0 Å². The molecule has 0 saturated carbocycles. The smallest absolute Gasteiger partial charge is 0.269 e. The van der Waals surface area contributed by atoms with E-state index in [0.29, 0.717) is 9.90 Å². The Balaban J connectivity index is 1.88. The highest BCUT2D eigenvalue weighted by Gasteiger charge is 2.09. The molecule has 24 heavy (non-hydrogen) atoms. The number of hydrogen-bond donors (Lipinski definition) is 0. The van der Waals surface area contributed by atoms with Gasteiger partial charge in [-0.25, -0.2) is 4.98 Å². The first-order valence-electron chi connectivity index (χ1n) is 6.74. The van der Waals surface area contributed by atoms with Crippen LogP contribution in [0, 0.1) is 10.1 Å². The maximum absolute atomic E-state index is 11.4. The van der Waals surface area contributed by atoms with Crippen LogP contribution < -0.4 is 5.11 Å². The van der Waals surface area contributed by atoms with E-state index in [0.717, 1.165) is 22.0 Å². The van der Waals surface area contributed by atoms with E-state index in [1.54, 1.807) is 0 Å². The average molecular weight is 357 g/mol. The van der Waals surface area contributed by atoms with E-state index < -0.39 is 10.9 Å². The summed E-state index contributed by atoms with van der Waals surface area (Å²) in [6.45, 7) is 0. The first-order chi connectivity index (χ1) is 11.5. The lowest BCUT2D eigenvalue weighted by Gasteiger charge is -2.06. The minimum Gasteiger partial charge on any atom is -0.544 e. The van der Waals surface area contributed by atoms with Crippen molar-refractivity contribution in [2.24, 2.45) is 0 Å². The number of rotatable bonds is 5. The summed E-state index contributed by atoms with van der Waals surface area (Å²) < 4.78 is 1.56. The predicted molar refractivity (Wildman–Crippen MR) is 91.6 cm³/mol. The molecule has 0 aliphatic rings. The molecule has 3 aromatic rings. The number of thiazole rings is 1. The number of nitrogens with zero attached hydrogens (tertiary/aromatic N) is 2. The van der Waals surface area contributed by atoms with Gasteiger partial charge in [0.2, 0.25) is 0 Å². The minimum absolute atomic E-state index is 0.0112. The minimum atomic E-state index is -1.32. The molecule has 0 bridgehead atoms. The van der Waals surface area contributed by atoms with Gasteiger partial charge in [-0.05, 0) is 35.9 Å². The van der Waals surface area contributed by atoms with Gasteiger partial charge in [-0.3, -0.25) is 10.1 Å². The Hall–Kier alpha value is -2.71. The van der Waals surface area contributed by atoms with E-state index in [1.807, 2.05) is 24.3 Å². The van der Waals surface area contributed by atoms with Crippen molar-refractivity contribution in [3.05, 3.63) is 69.1 Å². The number of aliphatic carboxylic acids is 1. The third-order valence-electron chi connectivity index (χ3n) is 3.07. The zero-order valence-corrected chi connectivity index (χ0v) is 13.7. The van der Waals surface area contributed by atoms with Crippen LogP contribution in [0.2, 0.25) is 0 Å². The van der Waals surface area contributed by atoms with Crippen molar-refractivity contribution >= 4 is 51.0 Å². The number of carboxylic acids is 1. The summed E-state index contributed by atoms with van der Waals surface area (Å²) in [5.41, 5.74) is 1.28. The fourth-order valence-electron chi connectivity index (χ4n) is 1.96. The normalized spacial score (nSPS) is 11.6. The van der Waals surface area contributed by atoms with E-state index >= 15 is 0 Å². The molecule has 1 heterocycles. The van der Waals surface area contributed by atoms with E-state index in [2.05, 4.69) is 4.98 Å². The van der Waals surface area contributed by atoms with Crippen molar-refractivity contribution in [2.45, 2.75) is 4.34 Å². The summed E-state index contributed by atoms with van der Waals surface area (Å²) in [5, 5.41) is 22.0. The molecule has 1 aromatic heterocycles. The van der Waals surface area contributed by atoms with Crippen molar-refractivity contribution in [1.29, 1.82) is 0 Å². The summed E-state index contributed by atoms with van der Waals surface area (Å²) in [6.07, 6.45) is 1.41. The fraction of sp³-hybridized carbons (Fsp3) is 0. The van der Waals surface area contributed by atoms with Crippen LogP contribution in [-0.4, -0.2) is 15.9 Å². The second kappa shape index (κ2) is 6.81. The van der Waals surface area contributed by atoms with Crippen molar-refractivity contribution < 1.29 is 14.8 Å². The summed E-state index contributed by atoms with van der Waals surface area (Å²) in [6, 6.07) is 13.1. The van der Waals surface area contributed by atoms with Crippen LogP contribution in [0.1, 0.15) is 5.56 Å². The van der Waals surface area contributed by atoms with Gasteiger partial charge in [0.25, 0.3) is 5.69 Å². The second-order valence-corrected chi connectivity index (χ2v) is 7.01. The van der Waals surface area contributed by atoms with E-state index in [4.69, 9.17) is 0 Å². The number of aromatic nitrogens is 1. The largest absolute Gasteiger partial charge is 0.544 e. The van der Waals surface area contributed by atoms with Gasteiger partial charge in [0.05, 0.1) is 21.1 Å². The number of fused-ring (bicyclic) bond motifs is 1. The summed E-state index contributed by atoms with van der Waals surface area (Å²) in [4.78, 5) is 25.9. The molecule has 0 aliphatic heterocycles. The molecule has 0 radical (unpaired) electrons. The second-order valence-electron chi connectivity index (χ2n) is 4.69. The lowest BCUT2D eigenvalue weighted by atomic mass is 10.2. The molecule has 0 amide bonds. The van der Waals surface area contributed by atoms with Crippen molar-refractivity contribution in [1.82, 2.24) is 4.98 Å². The molecular weight excluding hydrogens is 348 g/mol. The summed E-state index contributed by atoms with van der Waals surface area (Å²) in [5.74, 6) is -1.32. The first-order valence-corrected chi connectivity index (χ1v) is 8.37. The molecule has 0 atom stereocenters. The maximum Gasteiger partial charge on any atom is 0.269 e. The van der Waals surface area contributed by atoms with Gasteiger partial charge >= 0.3 is 0 Å². The molecule has 0 fully saturated rings. The molecule has 0 unspecified atom stereocenters. The third kappa shape index (κ3) is 3.61. The highest BCUT2D eigenvalue weighted by Crippen LogP contribution is 2.34. The SMILES string of the molecule is O=C([O-])/C(=C\c1ccc([N+](=O)[O-])cc1)Sc1nc2ccccc2s1. The Morgan fingerprint density at radius 1 is 1.17 bits per heavy atom. The molecule has 6 nitrogen and oxygen atoms in total. The van der Waals surface area contributed by atoms with Crippen molar-refractivity contribution in [3.63, 3.8) is 0 Å². The number of carboxylic acid groups (broad SMARTS) is 1. The van der Waals surface area contributed by atoms with E-state index in [1.165, 1.54) is 41.7 Å². The van der Waals surface area contributed by atoms with E-state index in [9.17, 15) is 20.0 Å². The van der Waals surface area contributed by atoms with Crippen LogP contribution in [0.25, 0.3) is 16.3 Å². The number of non-ortho nitro benzene ring substituents is 1. The van der Waals surface area contributed by atoms with Crippen LogP contribution in [0.3, 0.4) is 0 Å². The van der Waals surface area contributed by atoms with Crippen molar-refractivity contribution in [3.8, 4) is 0 Å². The average Bonchev–Trinajstić information content (AvgIpc) is 2.97. The highest BCUT2D eigenvalue weighted by molar-refractivity contribution is 8.05. The van der Waals surface area contributed by atoms with Gasteiger partial charge in [0, 0.05) is 17.0 Å². The topological polar surface area (TPSA) is 96.2 Å². The highest BCUT2D eigenvalue weighted by atomic mass is 32.2. The Kier molecular flexibility index (Phi) is 4.59. The number of thioether (sulfide) groups is 1. The van der Waals surface area contributed by atoms with Gasteiger partial charge in [0.15, 0.2) is 4.34 Å². The molecule has 0 N–H and O–H groups in total. The molecular formula is C16H9N2O4S2-. The standard InChI is InChI=1S/C16H10N2O4S2/c19-15(20)14(9-10-5-7-11(8-6-10)18(21)22)24-16-17-12-3-1-2-4-13(12)23-16/h1-9H,(H,19,20)/p-1/b14-9+. The van der Waals surface area contributed by atoms with Crippen LogP contribution in [-0.2, 0) is 4.79 Å². The van der Waals surface area contributed by atoms with Gasteiger partial charge in [-0.15, -0.1) is 11.3 Å². The lowest BCUT2D eigenvalue weighted by Crippen LogP contribution is -2.22. The number of nitro benzene ring substituents is 1. The number of hydrogen-bond acceptors (Lipinski definition) is 7. The molecule has 3 rings (SSSR count). The number of para-hydroxylation sites is 1. The lowest BCUT2D eigenvalue weighted by molar-refractivity contribution is -0.384. The zero-order valence-electron chi connectivity index (χ0n) is 12.0. The number of benzene rings is 2. The number of carbonyl (C=O) groups excluding carboxylic acids is 1. The number of carbonyl (C=O) groups is 1. The van der Waals surface area contributed by atoms with E-state index in [-0.39, 0.29) is 10.6 Å². The van der Waals surface area contributed by atoms with Gasteiger partial charge in [-0.1, -0.05) is 23.9 Å². The number of nitro groups is 1. The van der Waals surface area contributed by atoms with Crippen LogP contribution >= 0.6 is 23.1 Å². The Bertz CT molecular complexity index is 915. The molecule has 8 heteroatoms. The van der Waals surface area contributed by atoms with Gasteiger partial charge < -0.3 is 9.90 Å². The Labute approximate surface area is 144 Å². The van der Waals surface area contributed by atoms with Crippen molar-refractivity contribution in [2.75, 3.05) is 0 Å². The van der Waals surface area contributed by atoms with Crippen LogP contribution in [0.4, 0.5) is 5.69 Å². The third-order valence-corrected chi connectivity index (χ3v) is 5.18. The Morgan fingerprint density at radius 2 is 1.88 bits per heavy atom. The molecule has 2 aromatic carbocycles. The summed E-state index contributed by atoms with van der Waals surface area (Å²) >= 11 is 2.39. The quantitative estimate of drug-likeness (QED) is 0.301. The zero-order chi connectivity index (χ0) is 17.1.